The SMILES string of the molecule is CC[N+](CC)(CC(=O)OC(C(=O)OC1CC2[C@H]3O[C@H]3C(C1)[N+]2(C)C)(c1cccs1)c1cccs1)Cc1cc(C(O)CNCCCCCCOCCCCc2ccccc2)ccc1OP(=O)(O)O. The largest absolute Gasteiger partial charge is 0.524 e. The molecule has 3 fully saturated rings. The summed E-state index contributed by atoms with van der Waals surface area (Å²) in [5.74, 6) is -1.33. The molecule has 6 atom stereocenters. The van der Waals surface area contributed by atoms with Gasteiger partial charge < -0.3 is 42.9 Å². The lowest BCUT2D eigenvalue weighted by Gasteiger charge is -2.45. The summed E-state index contributed by atoms with van der Waals surface area (Å²) in [6.45, 7) is 7.18. The van der Waals surface area contributed by atoms with Gasteiger partial charge in [-0.05, 0) is 98.6 Å². The summed E-state index contributed by atoms with van der Waals surface area (Å²) >= 11 is 2.63. The molecule has 2 bridgehead atoms. The third-order valence-corrected chi connectivity index (χ3v) is 16.6. The predicted molar refractivity (Wildman–Crippen MR) is 258 cm³/mol. The van der Waals surface area contributed by atoms with E-state index in [4.69, 9.17) is 23.5 Å². The van der Waals surface area contributed by atoms with Gasteiger partial charge in [-0.15, -0.1) is 22.7 Å². The Morgan fingerprint density at radius 1 is 0.881 bits per heavy atom. The van der Waals surface area contributed by atoms with Crippen LogP contribution in [0.15, 0.2) is 83.6 Å². The molecule has 366 valence electrons. The summed E-state index contributed by atoms with van der Waals surface area (Å²) in [5, 5.41) is 18.3. The van der Waals surface area contributed by atoms with Crippen LogP contribution in [0.5, 0.6) is 5.75 Å². The number of thiophene rings is 2. The number of morpholine rings is 1. The molecule has 14 nitrogen and oxygen atoms in total. The summed E-state index contributed by atoms with van der Waals surface area (Å²) < 4.78 is 43.0. The zero-order valence-electron chi connectivity index (χ0n) is 39.3. The minimum Gasteiger partial charge on any atom is -0.458 e. The van der Waals surface area contributed by atoms with Crippen LogP contribution in [0.3, 0.4) is 0 Å². The number of rotatable bonds is 28. The number of hydrogen-bond acceptors (Lipinski definition) is 12. The molecule has 0 aliphatic carbocycles. The molecular formula is C50H70N3O11PS2+2. The van der Waals surface area contributed by atoms with Crippen LogP contribution in [0.1, 0.15) is 97.8 Å². The molecule has 3 aliphatic heterocycles. The number of phosphoric acid groups is 1. The number of aryl methyl sites for hydroxylation is 1. The molecule has 0 radical (unpaired) electrons. The third-order valence-electron chi connectivity index (χ3n) is 14.2. The fourth-order valence-corrected chi connectivity index (χ4v) is 12.3. The van der Waals surface area contributed by atoms with Crippen LogP contribution in [0, 0.1) is 0 Å². The second-order valence-corrected chi connectivity index (χ2v) is 21.9. The zero-order chi connectivity index (χ0) is 47.7. The second-order valence-electron chi connectivity index (χ2n) is 18.9. The Morgan fingerprint density at radius 2 is 1.52 bits per heavy atom. The van der Waals surface area contributed by atoms with Crippen molar-refractivity contribution in [1.29, 1.82) is 0 Å². The number of fused-ring (bicyclic) bond motifs is 5. The molecule has 4 aromatic rings. The van der Waals surface area contributed by atoms with Gasteiger partial charge in [-0.2, -0.15) is 0 Å². The van der Waals surface area contributed by atoms with Crippen LogP contribution in [0.2, 0.25) is 0 Å². The van der Waals surface area contributed by atoms with Crippen molar-refractivity contribution < 1.29 is 61.5 Å². The fourth-order valence-electron chi connectivity index (χ4n) is 10.1. The molecule has 4 N–H and O–H groups in total. The molecule has 2 aromatic carbocycles. The summed E-state index contributed by atoms with van der Waals surface area (Å²) in [6, 6.07) is 22.9. The van der Waals surface area contributed by atoms with Gasteiger partial charge in [0.1, 0.15) is 42.7 Å². The number of hydrogen-bond donors (Lipinski definition) is 4. The van der Waals surface area contributed by atoms with Gasteiger partial charge >= 0.3 is 19.8 Å². The summed E-state index contributed by atoms with van der Waals surface area (Å²) in [6.07, 6.45) is 7.66. The van der Waals surface area contributed by atoms with Crippen molar-refractivity contribution in [2.75, 3.05) is 60.0 Å². The number of carbonyl (C=O) groups is 2. The lowest BCUT2D eigenvalue weighted by molar-refractivity contribution is -0.938. The van der Waals surface area contributed by atoms with Gasteiger partial charge in [0.05, 0.1) is 43.0 Å². The van der Waals surface area contributed by atoms with E-state index in [9.17, 15) is 29.0 Å². The normalized spacial score (nSPS) is 21.4. The van der Waals surface area contributed by atoms with E-state index in [1.165, 1.54) is 34.3 Å². The smallest absolute Gasteiger partial charge is 0.458 e. The number of carbonyl (C=O) groups excluding carboxylic acids is 2. The van der Waals surface area contributed by atoms with Crippen LogP contribution in [0.25, 0.3) is 0 Å². The monoisotopic (exact) mass is 983 g/mol. The maximum atomic E-state index is 14.8. The lowest BCUT2D eigenvalue weighted by atomic mass is 9.95. The number of aliphatic hydroxyl groups is 1. The first-order valence-corrected chi connectivity index (χ1v) is 27.2. The summed E-state index contributed by atoms with van der Waals surface area (Å²) in [7, 11) is -0.547. The number of piperidine rings is 1. The fraction of sp³-hybridized carbons (Fsp3) is 0.560. The summed E-state index contributed by atoms with van der Waals surface area (Å²) in [4.78, 5) is 50.2. The predicted octanol–water partition coefficient (Wildman–Crippen LogP) is 7.65. The molecular weight excluding hydrogens is 914 g/mol. The number of likely N-dealkylation sites (N-methyl/N-ethyl adjacent to an activating group) is 2. The van der Waals surface area contributed by atoms with Gasteiger partial charge in [0.15, 0.2) is 6.54 Å². The number of benzene rings is 2. The Labute approximate surface area is 403 Å². The van der Waals surface area contributed by atoms with E-state index in [1.807, 2.05) is 42.8 Å². The van der Waals surface area contributed by atoms with E-state index in [-0.39, 0.29) is 60.3 Å². The maximum Gasteiger partial charge on any atom is 0.524 e. The van der Waals surface area contributed by atoms with E-state index in [0.29, 0.717) is 46.8 Å². The molecule has 3 aliphatic rings. The van der Waals surface area contributed by atoms with E-state index in [0.717, 1.165) is 69.2 Å². The maximum absolute atomic E-state index is 14.8. The van der Waals surface area contributed by atoms with Crippen molar-refractivity contribution in [2.24, 2.45) is 0 Å². The highest BCUT2D eigenvalue weighted by Gasteiger charge is 2.71. The van der Waals surface area contributed by atoms with Crippen molar-refractivity contribution >= 4 is 42.4 Å². The Hall–Kier alpha value is -3.51. The Kier molecular flexibility index (Phi) is 17.6. The molecule has 17 heteroatoms. The van der Waals surface area contributed by atoms with Gasteiger partial charge in [-0.3, -0.25) is 9.79 Å². The van der Waals surface area contributed by atoms with Crippen LogP contribution in [0.4, 0.5) is 0 Å². The molecule has 5 heterocycles. The van der Waals surface area contributed by atoms with E-state index >= 15 is 0 Å². The van der Waals surface area contributed by atoms with Crippen molar-refractivity contribution in [3.8, 4) is 5.75 Å². The average molecular weight is 984 g/mol. The van der Waals surface area contributed by atoms with Crippen LogP contribution < -0.4 is 9.84 Å². The van der Waals surface area contributed by atoms with E-state index in [1.54, 1.807) is 24.3 Å². The Balaban J connectivity index is 0.961. The first-order chi connectivity index (χ1) is 32.2. The van der Waals surface area contributed by atoms with Gasteiger partial charge in [0.2, 0.25) is 0 Å². The number of ether oxygens (including phenoxy) is 4. The molecule has 7 rings (SSSR count). The molecule has 2 aromatic heterocycles. The van der Waals surface area contributed by atoms with Gasteiger partial charge in [0.25, 0.3) is 5.60 Å². The van der Waals surface area contributed by atoms with Crippen LogP contribution in [-0.4, -0.2) is 126 Å². The van der Waals surface area contributed by atoms with E-state index in [2.05, 4.69) is 43.7 Å². The molecule has 67 heavy (non-hydrogen) atoms. The highest BCUT2D eigenvalue weighted by molar-refractivity contribution is 7.46. The minimum absolute atomic E-state index is 0.0486. The number of phosphoric ester groups is 1. The van der Waals surface area contributed by atoms with Crippen molar-refractivity contribution in [3.63, 3.8) is 0 Å². The summed E-state index contributed by atoms with van der Waals surface area (Å²) in [5.41, 5.74) is 0.461. The number of esters is 2. The molecule has 0 saturated carbocycles. The van der Waals surface area contributed by atoms with E-state index < -0.39 is 31.5 Å². The van der Waals surface area contributed by atoms with Crippen molar-refractivity contribution in [1.82, 2.24) is 5.32 Å². The van der Waals surface area contributed by atoms with Crippen LogP contribution in [-0.2, 0) is 51.7 Å². The standard InChI is InChI=1S/C50H68N3O11PS2/c1-5-53(6-2,35-46(55)63-50(44-21-16-28-66-44,45-22-17-29-67-45)49(56)61-39-31-40-47-48(62-47)41(32-39)52(40,3)4)34-38-30-37(23-24-43(38)64-65(57,58)59)42(54)33-51-25-13-7-8-14-26-60-27-15-12-20-36-18-10-9-11-19-36/h9-11,16-19,21-24,28-30,39-42,47-48,51,54H,5-8,12-15,20,25-27,31-35H2,1-4H3/p+2/t39?,40?,41?,42?,47-,48+. The zero-order valence-corrected chi connectivity index (χ0v) is 41.9. The minimum atomic E-state index is -4.98. The number of quaternary nitrogens is 2. The average Bonchev–Trinajstić information content (AvgIpc) is 3.56. The van der Waals surface area contributed by atoms with Gasteiger partial charge in [-0.25, -0.2) is 14.2 Å². The molecule has 3 saturated heterocycles. The molecule has 0 amide bonds. The Morgan fingerprint density at radius 3 is 2.13 bits per heavy atom. The Bertz CT molecular complexity index is 2180. The first kappa shape index (κ1) is 51.3. The third kappa shape index (κ3) is 12.8. The molecule has 0 spiro atoms. The lowest BCUT2D eigenvalue weighted by Crippen LogP contribution is -2.60. The molecule has 4 unspecified atom stereocenters. The number of unbranched alkanes of at least 4 members (excludes halogenated alkanes) is 4. The highest BCUT2D eigenvalue weighted by Crippen LogP contribution is 2.52. The van der Waals surface area contributed by atoms with Gasteiger partial charge in [0, 0.05) is 38.2 Å². The topological polar surface area (TPSA) is 173 Å². The number of aliphatic hydroxyl groups excluding tert-OH is 1. The number of nitrogens with zero attached hydrogens (tertiary/aromatic N) is 2. The highest BCUT2D eigenvalue weighted by atomic mass is 32.1. The quantitative estimate of drug-likeness (QED) is 0.0144. The van der Waals surface area contributed by atoms with Crippen LogP contribution >= 0.6 is 30.5 Å². The number of nitrogens with one attached hydrogen (secondary N) is 1. The van der Waals surface area contributed by atoms with Crippen molar-refractivity contribution in [2.45, 2.75) is 120 Å². The second kappa shape index (κ2) is 22.9. The van der Waals surface area contributed by atoms with Gasteiger partial charge in [-0.1, -0.05) is 61.4 Å². The first-order valence-electron chi connectivity index (χ1n) is 23.9. The van der Waals surface area contributed by atoms with Crippen molar-refractivity contribution in [3.05, 3.63) is 110 Å². The number of epoxide rings is 1.